The van der Waals surface area contributed by atoms with Gasteiger partial charge in [0, 0.05) is 17.0 Å². The van der Waals surface area contributed by atoms with Crippen LogP contribution in [0.15, 0.2) is 112 Å². The number of rotatable bonds is 8. The molecule has 1 atom stereocenters. The van der Waals surface area contributed by atoms with Crippen LogP contribution >= 0.6 is 0 Å². The first-order chi connectivity index (χ1) is 19.9. The average molecular weight is 550 g/mol. The van der Waals surface area contributed by atoms with E-state index >= 15 is 0 Å². The van der Waals surface area contributed by atoms with Gasteiger partial charge in [0.2, 0.25) is 0 Å². The highest BCUT2D eigenvalue weighted by atomic mass is 16.6. The van der Waals surface area contributed by atoms with Gasteiger partial charge in [0.05, 0.1) is 7.11 Å². The molecule has 1 N–H and O–H groups in total. The summed E-state index contributed by atoms with van der Waals surface area (Å²) in [7, 11) is 1.58. The maximum Gasteiger partial charge on any atom is 0.408 e. The maximum absolute atomic E-state index is 13.4. The van der Waals surface area contributed by atoms with E-state index in [2.05, 4.69) is 5.32 Å². The van der Waals surface area contributed by atoms with Crippen LogP contribution in [-0.4, -0.2) is 19.2 Å². The predicted molar refractivity (Wildman–Crippen MR) is 154 cm³/mol. The fourth-order valence-corrected chi connectivity index (χ4v) is 4.44. The molecule has 8 nitrogen and oxygen atoms in total. The Bertz CT molecular complexity index is 1730. The van der Waals surface area contributed by atoms with Gasteiger partial charge in [-0.2, -0.15) is 0 Å². The zero-order chi connectivity index (χ0) is 28.8. The van der Waals surface area contributed by atoms with Crippen LogP contribution in [0.25, 0.3) is 22.1 Å². The van der Waals surface area contributed by atoms with Crippen LogP contribution in [0.5, 0.6) is 11.5 Å². The number of carbonyl (C=O) groups is 2. The number of hydrogen-bond acceptors (Lipinski definition) is 7. The summed E-state index contributed by atoms with van der Waals surface area (Å²) in [6.45, 7) is 1.74. The minimum absolute atomic E-state index is 0.0442. The van der Waals surface area contributed by atoms with Gasteiger partial charge >= 0.3 is 17.7 Å². The number of benzene rings is 4. The first-order valence-corrected chi connectivity index (χ1v) is 12.9. The van der Waals surface area contributed by atoms with Crippen molar-refractivity contribution in [3.8, 4) is 22.6 Å². The smallest absolute Gasteiger partial charge is 0.408 e. The van der Waals surface area contributed by atoms with Crippen molar-refractivity contribution in [1.82, 2.24) is 5.32 Å². The third-order valence-electron chi connectivity index (χ3n) is 6.57. The van der Waals surface area contributed by atoms with Crippen molar-refractivity contribution >= 4 is 23.0 Å². The molecule has 0 saturated carbocycles. The Morgan fingerprint density at radius 2 is 1.56 bits per heavy atom. The molecule has 1 aromatic heterocycles. The molecule has 0 fully saturated rings. The van der Waals surface area contributed by atoms with Crippen LogP contribution in [-0.2, 0) is 16.1 Å². The molecular formula is C33H27NO7. The van der Waals surface area contributed by atoms with Gasteiger partial charge in [-0.15, -0.1) is 0 Å². The van der Waals surface area contributed by atoms with Gasteiger partial charge < -0.3 is 23.9 Å². The largest absolute Gasteiger partial charge is 0.497 e. The summed E-state index contributed by atoms with van der Waals surface area (Å²) in [5.41, 5.74) is 3.01. The first kappa shape index (κ1) is 27.2. The highest BCUT2D eigenvalue weighted by Gasteiger charge is 2.27. The number of nitrogens with one attached hydrogen (secondary N) is 1. The third-order valence-corrected chi connectivity index (χ3v) is 6.57. The van der Waals surface area contributed by atoms with Gasteiger partial charge in [0.25, 0.3) is 0 Å². The van der Waals surface area contributed by atoms with Gasteiger partial charge in [-0.05, 0) is 53.4 Å². The molecule has 1 heterocycles. The molecule has 41 heavy (non-hydrogen) atoms. The lowest BCUT2D eigenvalue weighted by molar-refractivity contribution is -0.136. The van der Waals surface area contributed by atoms with Crippen molar-refractivity contribution in [2.24, 2.45) is 0 Å². The molecule has 0 saturated heterocycles. The summed E-state index contributed by atoms with van der Waals surface area (Å²) in [4.78, 5) is 38.6. The van der Waals surface area contributed by atoms with Crippen molar-refractivity contribution in [1.29, 1.82) is 0 Å². The van der Waals surface area contributed by atoms with Crippen LogP contribution in [0, 0.1) is 6.92 Å². The predicted octanol–water partition coefficient (Wildman–Crippen LogP) is 6.35. The van der Waals surface area contributed by atoms with Crippen molar-refractivity contribution in [2.45, 2.75) is 19.6 Å². The van der Waals surface area contributed by atoms with Crippen molar-refractivity contribution < 1.29 is 28.2 Å². The first-order valence-electron chi connectivity index (χ1n) is 12.9. The zero-order valence-corrected chi connectivity index (χ0v) is 22.5. The molecule has 8 heteroatoms. The third kappa shape index (κ3) is 6.28. The van der Waals surface area contributed by atoms with E-state index in [0.29, 0.717) is 33.4 Å². The SMILES string of the molecule is COc1ccc(-c2cc(=O)oc3c(C)c(OC(=O)[C@@H](NC(=O)OCc4ccccc4)c4ccccc4)ccc23)cc1. The molecule has 5 aromatic rings. The number of esters is 1. The number of fused-ring (bicyclic) bond motifs is 1. The second-order valence-corrected chi connectivity index (χ2v) is 9.24. The molecule has 0 radical (unpaired) electrons. The van der Waals surface area contributed by atoms with Crippen molar-refractivity contribution in [2.75, 3.05) is 7.11 Å². The number of carbonyl (C=O) groups excluding carboxylic acids is 2. The number of hydrogen-bond donors (Lipinski definition) is 1. The Hall–Kier alpha value is -5.37. The van der Waals surface area contributed by atoms with Crippen molar-refractivity contribution in [3.05, 3.63) is 130 Å². The van der Waals surface area contributed by atoms with Crippen LogP contribution in [0.4, 0.5) is 4.79 Å². The van der Waals surface area contributed by atoms with Gasteiger partial charge in [0.15, 0.2) is 6.04 Å². The minimum Gasteiger partial charge on any atom is -0.497 e. The summed E-state index contributed by atoms with van der Waals surface area (Å²) < 4.78 is 21.9. The Balaban J connectivity index is 1.41. The molecule has 5 rings (SSSR count). The van der Waals surface area contributed by atoms with E-state index in [9.17, 15) is 14.4 Å². The minimum atomic E-state index is -1.15. The van der Waals surface area contributed by atoms with E-state index < -0.39 is 23.7 Å². The van der Waals surface area contributed by atoms with E-state index in [1.54, 1.807) is 68.6 Å². The van der Waals surface area contributed by atoms with E-state index in [4.69, 9.17) is 18.6 Å². The standard InChI is InChI=1S/C33H27NO7/c1-21-28(18-17-26-27(19-29(35)41-31(21)26)23-13-15-25(38-2)16-14-23)40-32(36)30(24-11-7-4-8-12-24)34-33(37)39-20-22-9-5-3-6-10-22/h3-19,30H,20H2,1-2H3,(H,34,37)/t30-/m0/s1. The molecule has 4 aromatic carbocycles. The fraction of sp³-hybridized carbons (Fsp3) is 0.121. The molecule has 0 unspecified atom stereocenters. The Kier molecular flexibility index (Phi) is 8.10. The van der Waals surface area contributed by atoms with E-state index in [-0.39, 0.29) is 12.4 Å². The van der Waals surface area contributed by atoms with Crippen LogP contribution in [0.3, 0.4) is 0 Å². The summed E-state index contributed by atoms with van der Waals surface area (Å²) in [5, 5.41) is 3.29. The quantitative estimate of drug-likeness (QED) is 0.137. The molecule has 0 aliphatic heterocycles. The highest BCUT2D eigenvalue weighted by molar-refractivity contribution is 5.96. The summed E-state index contributed by atoms with van der Waals surface area (Å²) in [6.07, 6.45) is -0.773. The topological polar surface area (TPSA) is 104 Å². The Labute approximate surface area is 236 Å². The monoisotopic (exact) mass is 549 g/mol. The normalized spacial score (nSPS) is 11.5. The maximum atomic E-state index is 13.4. The molecule has 206 valence electrons. The number of methoxy groups -OCH3 is 1. The van der Waals surface area contributed by atoms with Gasteiger partial charge in [-0.3, -0.25) is 0 Å². The van der Waals surface area contributed by atoms with Gasteiger partial charge in [-0.25, -0.2) is 14.4 Å². The summed E-state index contributed by atoms with van der Waals surface area (Å²) in [6, 6.07) is 28.9. The summed E-state index contributed by atoms with van der Waals surface area (Å²) >= 11 is 0. The number of amides is 1. The van der Waals surface area contributed by atoms with E-state index in [0.717, 1.165) is 11.1 Å². The van der Waals surface area contributed by atoms with Crippen LogP contribution < -0.4 is 20.4 Å². The molecular weight excluding hydrogens is 522 g/mol. The lowest BCUT2D eigenvalue weighted by Gasteiger charge is -2.19. The average Bonchev–Trinajstić information content (AvgIpc) is 3.01. The molecule has 0 bridgehead atoms. The second-order valence-electron chi connectivity index (χ2n) is 9.24. The zero-order valence-electron chi connectivity index (χ0n) is 22.5. The number of aryl methyl sites for hydroxylation is 1. The lowest BCUT2D eigenvalue weighted by atomic mass is 10.00. The summed E-state index contributed by atoms with van der Waals surface area (Å²) in [5.74, 6) is 0.152. The molecule has 0 spiro atoms. The molecule has 0 aliphatic carbocycles. The van der Waals surface area contributed by atoms with Gasteiger partial charge in [-0.1, -0.05) is 72.8 Å². The highest BCUT2D eigenvalue weighted by Crippen LogP contribution is 2.34. The van der Waals surface area contributed by atoms with Crippen LogP contribution in [0.2, 0.25) is 0 Å². The van der Waals surface area contributed by atoms with Gasteiger partial charge in [0.1, 0.15) is 23.7 Å². The second kappa shape index (κ2) is 12.2. The Morgan fingerprint density at radius 3 is 2.24 bits per heavy atom. The molecule has 1 amide bonds. The van der Waals surface area contributed by atoms with E-state index in [1.165, 1.54) is 6.07 Å². The fourth-order valence-electron chi connectivity index (χ4n) is 4.44. The van der Waals surface area contributed by atoms with E-state index in [1.807, 2.05) is 42.5 Å². The number of ether oxygens (including phenoxy) is 3. The molecule has 0 aliphatic rings. The Morgan fingerprint density at radius 1 is 0.878 bits per heavy atom. The van der Waals surface area contributed by atoms with Crippen molar-refractivity contribution in [3.63, 3.8) is 0 Å². The lowest BCUT2D eigenvalue weighted by Crippen LogP contribution is -2.36. The number of alkyl carbamates (subject to hydrolysis) is 1. The van der Waals surface area contributed by atoms with Crippen LogP contribution in [0.1, 0.15) is 22.7 Å².